The molecule has 0 spiro atoms. The van der Waals surface area contributed by atoms with Crippen molar-refractivity contribution < 1.29 is 4.42 Å². The molecule has 1 aromatic carbocycles. The highest BCUT2D eigenvalue weighted by atomic mass is 32.2. The molecule has 0 saturated heterocycles. The molecule has 0 aliphatic carbocycles. The topological polar surface area (TPSA) is 28.7 Å². The molecule has 0 fully saturated rings. The SMILES string of the molecule is CCC1=C(c2ccc3cc(C)oc3c2)N2CCN=C2S1. The number of hydrogen-bond acceptors (Lipinski definition) is 4. The molecule has 0 bridgehead atoms. The van der Waals surface area contributed by atoms with E-state index in [0.29, 0.717) is 0 Å². The number of aryl methyl sites for hydroxylation is 1. The molecule has 3 heterocycles. The Morgan fingerprint density at radius 1 is 1.35 bits per heavy atom. The molecule has 0 N–H and O–H groups in total. The Kier molecular flexibility index (Phi) is 2.67. The zero-order valence-corrected chi connectivity index (χ0v) is 12.5. The maximum Gasteiger partial charge on any atom is 0.168 e. The number of allylic oxidation sites excluding steroid dienone is 1. The normalized spacial score (nSPS) is 18.1. The van der Waals surface area contributed by atoms with Crippen LogP contribution in [0.5, 0.6) is 0 Å². The molecule has 0 atom stereocenters. The van der Waals surface area contributed by atoms with E-state index >= 15 is 0 Å². The number of amidine groups is 1. The number of benzene rings is 1. The summed E-state index contributed by atoms with van der Waals surface area (Å²) in [5.74, 6) is 0.964. The Labute approximate surface area is 122 Å². The summed E-state index contributed by atoms with van der Waals surface area (Å²) in [5.41, 5.74) is 3.53. The molecule has 0 saturated carbocycles. The molecule has 4 rings (SSSR count). The van der Waals surface area contributed by atoms with Crippen molar-refractivity contribution >= 4 is 33.6 Å². The quantitative estimate of drug-likeness (QED) is 0.826. The van der Waals surface area contributed by atoms with Crippen molar-refractivity contribution in [1.82, 2.24) is 4.90 Å². The van der Waals surface area contributed by atoms with Gasteiger partial charge in [0.15, 0.2) is 5.17 Å². The van der Waals surface area contributed by atoms with Gasteiger partial charge in [-0.2, -0.15) is 0 Å². The molecule has 102 valence electrons. The lowest BCUT2D eigenvalue weighted by Crippen LogP contribution is -2.19. The zero-order valence-electron chi connectivity index (χ0n) is 11.6. The number of nitrogens with zero attached hydrogens (tertiary/aromatic N) is 2. The second-order valence-electron chi connectivity index (χ2n) is 5.15. The summed E-state index contributed by atoms with van der Waals surface area (Å²) in [6.07, 6.45) is 1.05. The summed E-state index contributed by atoms with van der Waals surface area (Å²) in [4.78, 5) is 8.33. The van der Waals surface area contributed by atoms with Crippen molar-refractivity contribution in [3.05, 3.63) is 40.5 Å². The van der Waals surface area contributed by atoms with Gasteiger partial charge in [-0.3, -0.25) is 4.99 Å². The highest BCUT2D eigenvalue weighted by molar-refractivity contribution is 8.17. The molecule has 2 aliphatic heterocycles. The number of aliphatic imine (C=N–C) groups is 1. The van der Waals surface area contributed by atoms with Gasteiger partial charge < -0.3 is 9.32 Å². The van der Waals surface area contributed by atoms with Crippen molar-refractivity contribution in [2.75, 3.05) is 13.1 Å². The first kappa shape index (κ1) is 12.1. The van der Waals surface area contributed by atoms with Gasteiger partial charge >= 0.3 is 0 Å². The van der Waals surface area contributed by atoms with Crippen LogP contribution in [0.3, 0.4) is 0 Å². The average Bonchev–Trinajstić information content (AvgIpc) is 3.08. The first-order chi connectivity index (χ1) is 9.76. The molecule has 2 aliphatic rings. The Balaban J connectivity index is 1.86. The van der Waals surface area contributed by atoms with E-state index in [0.717, 1.165) is 36.0 Å². The summed E-state index contributed by atoms with van der Waals surface area (Å²) < 4.78 is 5.77. The van der Waals surface area contributed by atoms with E-state index in [1.165, 1.54) is 21.6 Å². The van der Waals surface area contributed by atoms with Gasteiger partial charge in [-0.25, -0.2) is 0 Å². The fourth-order valence-corrected chi connectivity index (χ4v) is 4.04. The predicted molar refractivity (Wildman–Crippen MR) is 84.8 cm³/mol. The van der Waals surface area contributed by atoms with Gasteiger partial charge in [0.25, 0.3) is 0 Å². The summed E-state index contributed by atoms with van der Waals surface area (Å²) in [6, 6.07) is 8.59. The van der Waals surface area contributed by atoms with Gasteiger partial charge in [0.2, 0.25) is 0 Å². The third-order valence-corrected chi connectivity index (χ3v) is 5.05. The van der Waals surface area contributed by atoms with Crippen molar-refractivity contribution in [2.45, 2.75) is 20.3 Å². The van der Waals surface area contributed by atoms with Crippen LogP contribution in [0.25, 0.3) is 16.7 Å². The number of thioether (sulfide) groups is 1. The summed E-state index contributed by atoms with van der Waals surface area (Å²) in [6.45, 7) is 6.11. The Morgan fingerprint density at radius 3 is 3.10 bits per heavy atom. The summed E-state index contributed by atoms with van der Waals surface area (Å²) >= 11 is 1.82. The lowest BCUT2D eigenvalue weighted by molar-refractivity contribution is 0.578. The fourth-order valence-electron chi connectivity index (χ4n) is 2.90. The molecule has 1 aromatic heterocycles. The van der Waals surface area contributed by atoms with E-state index in [2.05, 4.69) is 41.1 Å². The van der Waals surface area contributed by atoms with Gasteiger partial charge in [0.05, 0.1) is 12.2 Å². The minimum atomic E-state index is 0.908. The molecule has 0 unspecified atom stereocenters. The second kappa shape index (κ2) is 4.42. The van der Waals surface area contributed by atoms with Crippen LogP contribution in [0.1, 0.15) is 24.7 Å². The molecule has 3 nitrogen and oxygen atoms in total. The first-order valence-corrected chi connectivity index (χ1v) is 7.81. The Morgan fingerprint density at radius 2 is 2.25 bits per heavy atom. The van der Waals surface area contributed by atoms with Crippen molar-refractivity contribution in [3.8, 4) is 0 Å². The highest BCUT2D eigenvalue weighted by Gasteiger charge is 2.32. The van der Waals surface area contributed by atoms with Gasteiger partial charge in [-0.05, 0) is 25.5 Å². The lowest BCUT2D eigenvalue weighted by Gasteiger charge is -2.17. The predicted octanol–water partition coefficient (Wildman–Crippen LogP) is 4.24. The number of fused-ring (bicyclic) bond motifs is 2. The molecule has 0 amide bonds. The van der Waals surface area contributed by atoms with E-state index in [9.17, 15) is 0 Å². The minimum Gasteiger partial charge on any atom is -0.461 e. The summed E-state index contributed by atoms with van der Waals surface area (Å²) in [5, 5.41) is 2.33. The molecular weight excluding hydrogens is 268 g/mol. The molecule has 0 radical (unpaired) electrons. The lowest BCUT2D eigenvalue weighted by atomic mass is 10.1. The van der Waals surface area contributed by atoms with Gasteiger partial charge in [0, 0.05) is 22.4 Å². The van der Waals surface area contributed by atoms with E-state index in [-0.39, 0.29) is 0 Å². The van der Waals surface area contributed by atoms with E-state index in [4.69, 9.17) is 4.42 Å². The van der Waals surface area contributed by atoms with Crippen LogP contribution in [0, 0.1) is 6.92 Å². The standard InChI is InChI=1S/C16H16N2OS/c1-3-14-15(18-7-6-17-16(18)20-14)12-5-4-11-8-10(2)19-13(11)9-12/h4-5,8-9H,3,6-7H2,1-2H3. The third-order valence-electron chi connectivity index (χ3n) is 3.79. The van der Waals surface area contributed by atoms with Crippen LogP contribution in [0.4, 0.5) is 0 Å². The number of hydrogen-bond donors (Lipinski definition) is 0. The van der Waals surface area contributed by atoms with Crippen LogP contribution in [-0.4, -0.2) is 23.2 Å². The zero-order chi connectivity index (χ0) is 13.7. The number of furan rings is 1. The molecular formula is C16H16N2OS. The molecule has 20 heavy (non-hydrogen) atoms. The monoisotopic (exact) mass is 284 g/mol. The summed E-state index contributed by atoms with van der Waals surface area (Å²) in [7, 11) is 0. The van der Waals surface area contributed by atoms with E-state index < -0.39 is 0 Å². The van der Waals surface area contributed by atoms with Crippen LogP contribution in [0.15, 0.2) is 38.6 Å². The van der Waals surface area contributed by atoms with Crippen molar-refractivity contribution in [1.29, 1.82) is 0 Å². The molecule has 4 heteroatoms. The second-order valence-corrected chi connectivity index (χ2v) is 6.22. The smallest absolute Gasteiger partial charge is 0.168 e. The average molecular weight is 284 g/mol. The van der Waals surface area contributed by atoms with Gasteiger partial charge in [0.1, 0.15) is 11.3 Å². The fraction of sp³-hybridized carbons (Fsp3) is 0.312. The third kappa shape index (κ3) is 1.71. The van der Waals surface area contributed by atoms with E-state index in [1.807, 2.05) is 18.7 Å². The maximum atomic E-state index is 5.77. The van der Waals surface area contributed by atoms with Crippen molar-refractivity contribution in [3.63, 3.8) is 0 Å². The van der Waals surface area contributed by atoms with E-state index in [1.54, 1.807) is 0 Å². The first-order valence-electron chi connectivity index (χ1n) is 7.00. The Bertz CT molecular complexity index is 757. The highest BCUT2D eigenvalue weighted by Crippen LogP contribution is 2.43. The van der Waals surface area contributed by atoms with Crippen molar-refractivity contribution in [2.24, 2.45) is 4.99 Å². The van der Waals surface area contributed by atoms with Gasteiger partial charge in [-0.15, -0.1) is 0 Å². The van der Waals surface area contributed by atoms with Gasteiger partial charge in [-0.1, -0.05) is 30.8 Å². The number of rotatable bonds is 2. The largest absolute Gasteiger partial charge is 0.461 e. The minimum absolute atomic E-state index is 0.908. The van der Waals surface area contributed by atoms with Crippen LogP contribution >= 0.6 is 11.8 Å². The van der Waals surface area contributed by atoms with Crippen LogP contribution < -0.4 is 0 Å². The van der Waals surface area contributed by atoms with Crippen LogP contribution in [-0.2, 0) is 0 Å². The maximum absolute atomic E-state index is 5.77. The Hall–Kier alpha value is -1.68. The van der Waals surface area contributed by atoms with Crippen LogP contribution in [0.2, 0.25) is 0 Å². The molecule has 2 aromatic rings.